The monoisotopic (exact) mass is 554 g/mol. The Hall–Kier alpha value is -3.18. The molecule has 0 amide bonds. The molecule has 0 bridgehead atoms. The molecule has 0 unspecified atom stereocenters. The van der Waals surface area contributed by atoms with Crippen LogP contribution in [0, 0.1) is 0 Å². The van der Waals surface area contributed by atoms with E-state index in [0.29, 0.717) is 35.8 Å². The molecule has 2 saturated heterocycles. The van der Waals surface area contributed by atoms with Crippen LogP contribution in [0.1, 0.15) is 36.8 Å². The topological polar surface area (TPSA) is 109 Å². The van der Waals surface area contributed by atoms with Crippen molar-refractivity contribution in [1.29, 1.82) is 0 Å². The van der Waals surface area contributed by atoms with Crippen molar-refractivity contribution in [3.8, 4) is 23.0 Å². The second-order valence-electron chi connectivity index (χ2n) is 9.95. The normalized spacial score (nSPS) is 17.1. The fourth-order valence-corrected chi connectivity index (χ4v) is 4.54. The van der Waals surface area contributed by atoms with Crippen LogP contribution in [-0.4, -0.2) is 111 Å². The molecule has 218 valence electrons. The molecule has 2 aromatic carbocycles. The minimum Gasteiger partial charge on any atom is -0.507 e. The molecule has 0 spiro atoms. The molecule has 0 atom stereocenters. The molecule has 2 aliphatic rings. The van der Waals surface area contributed by atoms with Crippen molar-refractivity contribution in [2.75, 3.05) is 78.9 Å². The van der Waals surface area contributed by atoms with E-state index in [1.807, 2.05) is 0 Å². The van der Waals surface area contributed by atoms with E-state index in [4.69, 9.17) is 18.9 Å². The summed E-state index contributed by atoms with van der Waals surface area (Å²) in [6.07, 6.45) is 6.95. The molecular formula is C30H42N4O6. The highest BCUT2D eigenvalue weighted by Gasteiger charge is 2.10. The third kappa shape index (κ3) is 10.4. The van der Waals surface area contributed by atoms with Gasteiger partial charge in [-0.2, -0.15) is 10.2 Å². The van der Waals surface area contributed by atoms with E-state index >= 15 is 0 Å². The molecule has 0 saturated carbocycles. The largest absolute Gasteiger partial charge is 0.507 e. The average Bonchev–Trinajstić information content (AvgIpc) is 2.98. The zero-order valence-electron chi connectivity index (χ0n) is 23.2. The zero-order chi connectivity index (χ0) is 27.8. The number of aromatic hydroxyl groups is 2. The molecule has 10 nitrogen and oxygen atoms in total. The molecule has 10 heteroatoms. The van der Waals surface area contributed by atoms with Crippen LogP contribution in [0.3, 0.4) is 0 Å². The summed E-state index contributed by atoms with van der Waals surface area (Å²) in [6.45, 7) is 10.6. The fraction of sp³-hybridized carbons (Fsp3) is 0.533. The standard InChI is InChI=1S/C30H42N4O6/c35-29-21-27(39-15-3-1-9-33-11-17-37-18-12-33)7-5-25(29)23-31-32-24-26-6-8-28(22-30(26)36)40-16-4-2-10-34-13-19-38-20-14-34/h5-8,21-24,35-36H,1-4,9-20H2/b31-23+,32-24+. The van der Waals surface area contributed by atoms with E-state index in [1.54, 1.807) is 36.4 Å². The lowest BCUT2D eigenvalue weighted by molar-refractivity contribution is 0.0367. The lowest BCUT2D eigenvalue weighted by atomic mass is 10.2. The van der Waals surface area contributed by atoms with Crippen LogP contribution in [0.2, 0.25) is 0 Å². The molecule has 2 aromatic rings. The van der Waals surface area contributed by atoms with Crippen LogP contribution in [-0.2, 0) is 9.47 Å². The van der Waals surface area contributed by atoms with Crippen LogP contribution in [0.4, 0.5) is 0 Å². The van der Waals surface area contributed by atoms with Gasteiger partial charge in [0.05, 0.1) is 52.1 Å². The second kappa shape index (κ2) is 16.8. The van der Waals surface area contributed by atoms with Crippen LogP contribution in [0.15, 0.2) is 46.6 Å². The number of hydrogen-bond donors (Lipinski definition) is 2. The van der Waals surface area contributed by atoms with E-state index in [2.05, 4.69) is 20.0 Å². The van der Waals surface area contributed by atoms with E-state index < -0.39 is 0 Å². The highest BCUT2D eigenvalue weighted by Crippen LogP contribution is 2.24. The minimum atomic E-state index is 0.0686. The van der Waals surface area contributed by atoms with E-state index in [1.165, 1.54) is 12.4 Å². The Bertz CT molecular complexity index is 998. The molecule has 40 heavy (non-hydrogen) atoms. The molecule has 4 rings (SSSR count). The lowest BCUT2D eigenvalue weighted by Gasteiger charge is -2.26. The van der Waals surface area contributed by atoms with E-state index in [0.717, 1.165) is 91.4 Å². The first-order valence-electron chi connectivity index (χ1n) is 14.3. The van der Waals surface area contributed by atoms with Crippen molar-refractivity contribution in [3.63, 3.8) is 0 Å². The first-order valence-corrected chi connectivity index (χ1v) is 14.3. The summed E-state index contributed by atoms with van der Waals surface area (Å²) >= 11 is 0. The van der Waals surface area contributed by atoms with Gasteiger partial charge in [0.15, 0.2) is 0 Å². The maximum atomic E-state index is 10.3. The number of ether oxygens (including phenoxy) is 4. The highest BCUT2D eigenvalue weighted by atomic mass is 16.5. The first-order chi connectivity index (χ1) is 19.7. The lowest BCUT2D eigenvalue weighted by Crippen LogP contribution is -2.36. The average molecular weight is 555 g/mol. The molecule has 0 aromatic heterocycles. The third-order valence-corrected chi connectivity index (χ3v) is 6.95. The molecule has 2 N–H and O–H groups in total. The summed E-state index contributed by atoms with van der Waals surface area (Å²) in [5.74, 6) is 1.38. The van der Waals surface area contributed by atoms with Gasteiger partial charge in [-0.15, -0.1) is 0 Å². The number of hydrogen-bond acceptors (Lipinski definition) is 10. The summed E-state index contributed by atoms with van der Waals surface area (Å²) in [5.41, 5.74) is 1.05. The van der Waals surface area contributed by atoms with E-state index in [-0.39, 0.29) is 11.5 Å². The van der Waals surface area contributed by atoms with Crippen molar-refractivity contribution >= 4 is 12.4 Å². The smallest absolute Gasteiger partial charge is 0.128 e. The maximum Gasteiger partial charge on any atom is 0.128 e. The Morgan fingerprint density at radius 1 is 0.650 bits per heavy atom. The van der Waals surface area contributed by atoms with E-state index in [9.17, 15) is 10.2 Å². The van der Waals surface area contributed by atoms with Crippen LogP contribution in [0.5, 0.6) is 23.0 Å². The van der Waals surface area contributed by atoms with Gasteiger partial charge in [0.25, 0.3) is 0 Å². The Kier molecular flexibility index (Phi) is 12.5. The number of phenols is 2. The van der Waals surface area contributed by atoms with Gasteiger partial charge in [-0.3, -0.25) is 9.80 Å². The summed E-state index contributed by atoms with van der Waals surface area (Å²) in [5, 5.41) is 28.7. The Labute approximate surface area is 236 Å². The van der Waals surface area contributed by atoms with Crippen molar-refractivity contribution in [3.05, 3.63) is 47.5 Å². The Morgan fingerprint density at radius 3 is 1.48 bits per heavy atom. The van der Waals surface area contributed by atoms with Gasteiger partial charge in [0.2, 0.25) is 0 Å². The van der Waals surface area contributed by atoms with Crippen molar-refractivity contribution < 1.29 is 29.2 Å². The summed E-state index contributed by atoms with van der Waals surface area (Å²) in [7, 11) is 0. The van der Waals surface area contributed by atoms with Crippen molar-refractivity contribution in [2.45, 2.75) is 25.7 Å². The number of unbranched alkanes of at least 4 members (excludes halogenated alkanes) is 2. The summed E-state index contributed by atoms with van der Waals surface area (Å²) in [6, 6.07) is 10.3. The number of morpholine rings is 2. The molecule has 2 fully saturated rings. The SMILES string of the molecule is Oc1cc(OCCCCN2CCOCC2)ccc1/C=N/N=C/c1ccc(OCCCCN2CCOCC2)cc1O. The van der Waals surface area contributed by atoms with Crippen LogP contribution >= 0.6 is 0 Å². The summed E-state index contributed by atoms with van der Waals surface area (Å²) < 4.78 is 22.3. The van der Waals surface area contributed by atoms with Crippen molar-refractivity contribution in [1.82, 2.24) is 9.80 Å². The first kappa shape index (κ1) is 29.8. The molecule has 0 radical (unpaired) electrons. The van der Waals surface area contributed by atoms with Gasteiger partial charge in [0, 0.05) is 49.4 Å². The second-order valence-corrected chi connectivity index (χ2v) is 9.95. The molecule has 0 aliphatic carbocycles. The Balaban J connectivity index is 1.13. The predicted molar refractivity (Wildman–Crippen MR) is 155 cm³/mol. The van der Waals surface area contributed by atoms with Crippen molar-refractivity contribution in [2.24, 2.45) is 10.2 Å². The van der Waals surface area contributed by atoms with Crippen LogP contribution in [0.25, 0.3) is 0 Å². The minimum absolute atomic E-state index is 0.0686. The molecule has 2 aliphatic heterocycles. The quantitative estimate of drug-likeness (QED) is 0.196. The fourth-order valence-electron chi connectivity index (χ4n) is 4.54. The van der Waals surface area contributed by atoms with Gasteiger partial charge in [-0.05, 0) is 63.0 Å². The number of nitrogens with zero attached hydrogens (tertiary/aromatic N) is 4. The van der Waals surface area contributed by atoms with Gasteiger partial charge in [0.1, 0.15) is 23.0 Å². The molecular weight excluding hydrogens is 512 g/mol. The zero-order valence-corrected chi connectivity index (χ0v) is 23.2. The Morgan fingerprint density at radius 2 is 1.07 bits per heavy atom. The van der Waals surface area contributed by atoms with Gasteiger partial charge in [-0.1, -0.05) is 0 Å². The number of rotatable bonds is 15. The summed E-state index contributed by atoms with van der Waals surface area (Å²) in [4.78, 5) is 4.82. The highest BCUT2D eigenvalue weighted by molar-refractivity contribution is 5.86. The van der Waals surface area contributed by atoms with Gasteiger partial charge in [-0.25, -0.2) is 0 Å². The predicted octanol–water partition coefficient (Wildman–Crippen LogP) is 3.53. The maximum absolute atomic E-state index is 10.3. The van der Waals surface area contributed by atoms with Gasteiger partial charge < -0.3 is 29.2 Å². The number of phenolic OH excluding ortho intramolecular Hbond substituents is 2. The molecule has 2 heterocycles. The third-order valence-electron chi connectivity index (χ3n) is 6.95. The van der Waals surface area contributed by atoms with Gasteiger partial charge >= 0.3 is 0 Å². The van der Waals surface area contributed by atoms with Crippen LogP contribution < -0.4 is 9.47 Å². The number of benzene rings is 2.